The average molecular weight is 322 g/mol. The van der Waals surface area contributed by atoms with Gasteiger partial charge in [0, 0.05) is 5.02 Å². The molecule has 3 nitrogen and oxygen atoms in total. The molecule has 1 aromatic carbocycles. The van der Waals surface area contributed by atoms with Gasteiger partial charge in [-0.25, -0.2) is 0 Å². The molecule has 2 heterocycles. The van der Waals surface area contributed by atoms with Gasteiger partial charge < -0.3 is 14.6 Å². The average Bonchev–Trinajstić information content (AvgIpc) is 2.68. The van der Waals surface area contributed by atoms with Crippen molar-refractivity contribution >= 4 is 24.2 Å². The smallest absolute Gasteiger partial charge is 0.399 e. The second kappa shape index (κ2) is 5.83. The van der Waals surface area contributed by atoms with Crippen LogP contribution in [0.2, 0.25) is 5.02 Å². The van der Waals surface area contributed by atoms with Crippen LogP contribution in [0, 0.1) is 0 Å². The Morgan fingerprint density at radius 3 is 2.23 bits per heavy atom. The molecule has 5 heteroatoms. The molecule has 120 valence electrons. The van der Waals surface area contributed by atoms with E-state index in [2.05, 4.69) is 45.1 Å². The summed E-state index contributed by atoms with van der Waals surface area (Å²) in [6.07, 6.45) is 2.31. The first-order valence-corrected chi connectivity index (χ1v) is 8.53. The van der Waals surface area contributed by atoms with Crippen molar-refractivity contribution in [3.8, 4) is 0 Å². The predicted octanol–water partition coefficient (Wildman–Crippen LogP) is 3.11. The van der Waals surface area contributed by atoms with Crippen molar-refractivity contribution in [3.63, 3.8) is 0 Å². The highest BCUT2D eigenvalue weighted by molar-refractivity contribution is 6.62. The molecule has 0 bridgehead atoms. The van der Waals surface area contributed by atoms with Gasteiger partial charge in [0.25, 0.3) is 0 Å². The standard InChI is InChI=1S/C17H25BClNO2/c1-16(2)17(3,4)22-18(21-16)14-9-13(10-15(19)11-14)12-5-7-20-8-6-12/h9-12,20H,5-8H2,1-4H3. The minimum Gasteiger partial charge on any atom is -0.399 e. The lowest BCUT2D eigenvalue weighted by atomic mass is 9.76. The van der Waals surface area contributed by atoms with Gasteiger partial charge in [-0.1, -0.05) is 17.7 Å². The van der Waals surface area contributed by atoms with E-state index in [1.807, 2.05) is 6.07 Å². The van der Waals surface area contributed by atoms with E-state index in [1.54, 1.807) is 0 Å². The molecule has 0 aromatic heterocycles. The zero-order valence-corrected chi connectivity index (χ0v) is 14.7. The van der Waals surface area contributed by atoms with Crippen LogP contribution < -0.4 is 10.8 Å². The third-order valence-electron chi connectivity index (χ3n) is 5.28. The van der Waals surface area contributed by atoms with Crippen LogP contribution in [-0.2, 0) is 9.31 Å². The van der Waals surface area contributed by atoms with Crippen molar-refractivity contribution in [2.45, 2.75) is 57.7 Å². The van der Waals surface area contributed by atoms with Crippen LogP contribution in [-0.4, -0.2) is 31.4 Å². The first kappa shape index (κ1) is 16.3. The van der Waals surface area contributed by atoms with E-state index in [0.717, 1.165) is 36.4 Å². The van der Waals surface area contributed by atoms with Crippen molar-refractivity contribution < 1.29 is 9.31 Å². The minimum atomic E-state index is -0.343. The Morgan fingerprint density at radius 1 is 1.05 bits per heavy atom. The molecule has 0 unspecified atom stereocenters. The molecule has 3 rings (SSSR count). The van der Waals surface area contributed by atoms with E-state index < -0.39 is 0 Å². The molecular formula is C17H25BClNO2. The summed E-state index contributed by atoms with van der Waals surface area (Å²) in [6.45, 7) is 10.4. The van der Waals surface area contributed by atoms with Crippen LogP contribution in [0.15, 0.2) is 18.2 Å². The molecule has 0 aliphatic carbocycles. The molecule has 0 spiro atoms. The zero-order chi connectivity index (χ0) is 16.0. The van der Waals surface area contributed by atoms with Crippen molar-refractivity contribution in [1.82, 2.24) is 5.32 Å². The minimum absolute atomic E-state index is 0.324. The Morgan fingerprint density at radius 2 is 1.64 bits per heavy atom. The fraction of sp³-hybridized carbons (Fsp3) is 0.647. The molecule has 2 fully saturated rings. The Bertz CT molecular complexity index is 540. The van der Waals surface area contributed by atoms with E-state index in [0.29, 0.717) is 5.92 Å². The Hall–Kier alpha value is -0.545. The largest absolute Gasteiger partial charge is 0.494 e. The topological polar surface area (TPSA) is 30.5 Å². The molecule has 1 N–H and O–H groups in total. The number of hydrogen-bond donors (Lipinski definition) is 1. The van der Waals surface area contributed by atoms with E-state index in [9.17, 15) is 0 Å². The molecule has 0 amide bonds. The van der Waals surface area contributed by atoms with Gasteiger partial charge in [-0.3, -0.25) is 0 Å². The number of piperidine rings is 1. The highest BCUT2D eigenvalue weighted by Crippen LogP contribution is 2.37. The summed E-state index contributed by atoms with van der Waals surface area (Å²) in [5, 5.41) is 4.17. The van der Waals surface area contributed by atoms with Crippen molar-refractivity contribution in [2.24, 2.45) is 0 Å². The number of nitrogens with one attached hydrogen (secondary N) is 1. The number of rotatable bonds is 2. The van der Waals surface area contributed by atoms with Gasteiger partial charge in [-0.15, -0.1) is 0 Å². The summed E-state index contributed by atoms with van der Waals surface area (Å²) in [5.41, 5.74) is 1.68. The zero-order valence-electron chi connectivity index (χ0n) is 13.9. The summed E-state index contributed by atoms with van der Waals surface area (Å²) in [7, 11) is -0.343. The van der Waals surface area contributed by atoms with Crippen LogP contribution >= 0.6 is 11.6 Å². The number of benzene rings is 1. The normalized spacial score (nSPS) is 24.7. The summed E-state index contributed by atoms with van der Waals surface area (Å²) in [6, 6.07) is 6.27. The Kier molecular flexibility index (Phi) is 4.32. The number of hydrogen-bond acceptors (Lipinski definition) is 3. The van der Waals surface area contributed by atoms with Gasteiger partial charge in [0.1, 0.15) is 0 Å². The molecule has 2 aliphatic rings. The maximum atomic E-state index is 6.36. The van der Waals surface area contributed by atoms with Gasteiger partial charge in [-0.05, 0) is 82.7 Å². The van der Waals surface area contributed by atoms with Crippen LogP contribution in [0.3, 0.4) is 0 Å². The van der Waals surface area contributed by atoms with Crippen LogP contribution in [0.5, 0.6) is 0 Å². The van der Waals surface area contributed by atoms with Gasteiger partial charge in [0.15, 0.2) is 0 Å². The first-order valence-electron chi connectivity index (χ1n) is 8.15. The van der Waals surface area contributed by atoms with Crippen molar-refractivity contribution in [3.05, 3.63) is 28.8 Å². The van der Waals surface area contributed by atoms with Crippen LogP contribution in [0.1, 0.15) is 52.0 Å². The Labute approximate surface area is 138 Å². The third kappa shape index (κ3) is 3.07. The maximum absolute atomic E-state index is 6.36. The summed E-state index contributed by atoms with van der Waals surface area (Å²) in [5.74, 6) is 0.570. The summed E-state index contributed by atoms with van der Waals surface area (Å²) >= 11 is 6.36. The highest BCUT2D eigenvalue weighted by Gasteiger charge is 2.51. The van der Waals surface area contributed by atoms with Crippen molar-refractivity contribution in [1.29, 1.82) is 0 Å². The monoisotopic (exact) mass is 321 g/mol. The lowest BCUT2D eigenvalue weighted by molar-refractivity contribution is 0.00578. The molecule has 22 heavy (non-hydrogen) atoms. The lowest BCUT2D eigenvalue weighted by Crippen LogP contribution is -2.41. The third-order valence-corrected chi connectivity index (χ3v) is 5.50. The maximum Gasteiger partial charge on any atom is 0.494 e. The van der Waals surface area contributed by atoms with E-state index in [4.69, 9.17) is 20.9 Å². The number of halogens is 1. The van der Waals surface area contributed by atoms with E-state index >= 15 is 0 Å². The van der Waals surface area contributed by atoms with E-state index in [-0.39, 0.29) is 18.3 Å². The fourth-order valence-corrected chi connectivity index (χ4v) is 3.39. The molecule has 0 radical (unpaired) electrons. The van der Waals surface area contributed by atoms with Gasteiger partial charge in [0.2, 0.25) is 0 Å². The van der Waals surface area contributed by atoms with Crippen LogP contribution in [0.4, 0.5) is 0 Å². The second-order valence-corrected chi connectivity index (χ2v) is 7.87. The molecule has 1 aromatic rings. The second-order valence-electron chi connectivity index (χ2n) is 7.43. The molecule has 0 atom stereocenters. The quantitative estimate of drug-likeness (QED) is 0.849. The SMILES string of the molecule is CC1(C)OB(c2cc(Cl)cc(C3CCNCC3)c2)OC1(C)C. The lowest BCUT2D eigenvalue weighted by Gasteiger charge is -2.32. The molecule has 2 aliphatic heterocycles. The van der Waals surface area contributed by atoms with E-state index in [1.165, 1.54) is 5.56 Å². The summed E-state index contributed by atoms with van der Waals surface area (Å²) < 4.78 is 12.3. The van der Waals surface area contributed by atoms with Gasteiger partial charge >= 0.3 is 7.12 Å². The summed E-state index contributed by atoms with van der Waals surface area (Å²) in [4.78, 5) is 0. The highest BCUT2D eigenvalue weighted by atomic mass is 35.5. The fourth-order valence-electron chi connectivity index (χ4n) is 3.14. The predicted molar refractivity (Wildman–Crippen MR) is 92.0 cm³/mol. The Balaban J connectivity index is 1.87. The first-order chi connectivity index (χ1) is 10.3. The molecule has 0 saturated carbocycles. The van der Waals surface area contributed by atoms with Gasteiger partial charge in [0.05, 0.1) is 11.2 Å². The molecule has 2 saturated heterocycles. The van der Waals surface area contributed by atoms with Gasteiger partial charge in [-0.2, -0.15) is 0 Å². The molecular weight excluding hydrogens is 296 g/mol. The van der Waals surface area contributed by atoms with Crippen LogP contribution in [0.25, 0.3) is 0 Å². The van der Waals surface area contributed by atoms with Crippen molar-refractivity contribution in [2.75, 3.05) is 13.1 Å².